The molecule has 1 fully saturated rings. The molecule has 6 heteroatoms. The van der Waals surface area contributed by atoms with E-state index in [9.17, 15) is 4.79 Å². The largest absolute Gasteiger partial charge is 0.383 e. The number of likely N-dealkylation sites (tertiary alicyclic amines) is 1. The molecule has 0 aromatic carbocycles. The van der Waals surface area contributed by atoms with Crippen molar-refractivity contribution in [3.05, 3.63) is 11.8 Å². The second kappa shape index (κ2) is 5.39. The van der Waals surface area contributed by atoms with Gasteiger partial charge in [-0.05, 0) is 25.4 Å². The average Bonchev–Trinajstić information content (AvgIpc) is 2.95. The highest BCUT2D eigenvalue weighted by Crippen LogP contribution is 2.15. The highest BCUT2D eigenvalue weighted by atomic mass is 16.1. The van der Waals surface area contributed by atoms with Crippen LogP contribution in [0.2, 0.25) is 0 Å². The Kier molecular flexibility index (Phi) is 3.86. The number of aromatic nitrogens is 2. The molecule has 2 rings (SSSR count). The molecule has 1 aliphatic rings. The lowest BCUT2D eigenvalue weighted by molar-refractivity contribution is 0.0948. The number of nitrogens with zero attached hydrogens (tertiary/aromatic N) is 3. The van der Waals surface area contributed by atoms with Gasteiger partial charge in [-0.25, -0.2) is 0 Å². The van der Waals surface area contributed by atoms with Gasteiger partial charge in [-0.15, -0.1) is 0 Å². The topological polar surface area (TPSA) is 76.2 Å². The van der Waals surface area contributed by atoms with Crippen molar-refractivity contribution in [3.63, 3.8) is 0 Å². The molecule has 100 valence electrons. The summed E-state index contributed by atoms with van der Waals surface area (Å²) in [5.41, 5.74) is 6.22. The molecule has 6 nitrogen and oxygen atoms in total. The first-order chi connectivity index (χ1) is 8.61. The van der Waals surface area contributed by atoms with Crippen molar-refractivity contribution in [2.75, 3.05) is 31.9 Å². The molecule has 0 aliphatic carbocycles. The van der Waals surface area contributed by atoms with Gasteiger partial charge in [0, 0.05) is 20.1 Å². The van der Waals surface area contributed by atoms with E-state index in [1.807, 2.05) is 0 Å². The number of nitrogen functional groups attached to an aromatic ring is 1. The van der Waals surface area contributed by atoms with Crippen molar-refractivity contribution in [1.29, 1.82) is 0 Å². The second-order valence-corrected chi connectivity index (χ2v) is 4.83. The number of hydrogen-bond donors (Lipinski definition) is 2. The van der Waals surface area contributed by atoms with E-state index < -0.39 is 0 Å². The lowest BCUT2D eigenvalue weighted by Gasteiger charge is -2.13. The van der Waals surface area contributed by atoms with Crippen LogP contribution in [0.1, 0.15) is 23.7 Å². The van der Waals surface area contributed by atoms with Crippen LogP contribution in [0, 0.1) is 5.92 Å². The van der Waals surface area contributed by atoms with Gasteiger partial charge in [-0.3, -0.25) is 9.48 Å². The maximum Gasteiger partial charge on any atom is 0.256 e. The van der Waals surface area contributed by atoms with Gasteiger partial charge in [0.1, 0.15) is 11.4 Å². The van der Waals surface area contributed by atoms with Crippen molar-refractivity contribution >= 4 is 11.7 Å². The Morgan fingerprint density at radius 3 is 3.00 bits per heavy atom. The van der Waals surface area contributed by atoms with Gasteiger partial charge >= 0.3 is 0 Å². The Morgan fingerprint density at radius 1 is 1.67 bits per heavy atom. The predicted molar refractivity (Wildman–Crippen MR) is 70.2 cm³/mol. The summed E-state index contributed by atoms with van der Waals surface area (Å²) >= 11 is 0. The fraction of sp³-hybridized carbons (Fsp3) is 0.667. The molecule has 1 aromatic rings. The summed E-state index contributed by atoms with van der Waals surface area (Å²) in [4.78, 5) is 14.3. The number of rotatable bonds is 4. The van der Waals surface area contributed by atoms with Crippen LogP contribution < -0.4 is 11.1 Å². The quantitative estimate of drug-likeness (QED) is 0.794. The summed E-state index contributed by atoms with van der Waals surface area (Å²) in [5, 5.41) is 6.91. The lowest BCUT2D eigenvalue weighted by atomic mass is 10.1. The third kappa shape index (κ3) is 2.64. The lowest BCUT2D eigenvalue weighted by Crippen LogP contribution is -2.31. The Morgan fingerprint density at radius 2 is 2.44 bits per heavy atom. The number of aryl methyl sites for hydroxylation is 1. The van der Waals surface area contributed by atoms with Gasteiger partial charge in [-0.1, -0.05) is 6.92 Å². The van der Waals surface area contributed by atoms with E-state index >= 15 is 0 Å². The SMILES string of the molecule is CCN1CCC(CNC(=O)c2cnn(C)c2N)C1. The Hall–Kier alpha value is -1.56. The molecule has 18 heavy (non-hydrogen) atoms. The maximum absolute atomic E-state index is 11.9. The minimum atomic E-state index is -0.129. The van der Waals surface area contributed by atoms with Crippen LogP contribution in [-0.4, -0.2) is 46.8 Å². The molecule has 2 heterocycles. The predicted octanol–water partition coefficient (Wildman–Crippen LogP) is 0.0739. The van der Waals surface area contributed by atoms with Crippen LogP contribution in [0.15, 0.2) is 6.20 Å². The number of nitrogens with two attached hydrogens (primary N) is 1. The van der Waals surface area contributed by atoms with Gasteiger partial charge in [0.05, 0.1) is 6.20 Å². The summed E-state index contributed by atoms with van der Waals surface area (Å²) in [6.07, 6.45) is 2.66. The average molecular weight is 251 g/mol. The Bertz CT molecular complexity index is 428. The molecule has 1 saturated heterocycles. The van der Waals surface area contributed by atoms with Gasteiger partial charge in [0.25, 0.3) is 5.91 Å². The molecule has 0 radical (unpaired) electrons. The number of nitrogens with one attached hydrogen (secondary N) is 1. The number of carbonyl (C=O) groups is 1. The molecule has 1 amide bonds. The Labute approximate surface area is 107 Å². The molecule has 3 N–H and O–H groups in total. The van der Waals surface area contributed by atoms with E-state index in [1.54, 1.807) is 7.05 Å². The number of carbonyl (C=O) groups excluding carboxylic acids is 1. The van der Waals surface area contributed by atoms with E-state index in [1.165, 1.54) is 10.9 Å². The standard InChI is InChI=1S/C12H21N5O/c1-3-17-5-4-9(8-17)6-14-12(18)10-7-15-16(2)11(10)13/h7,9H,3-6,8,13H2,1-2H3,(H,14,18). The van der Waals surface area contributed by atoms with Crippen LogP contribution >= 0.6 is 0 Å². The third-order valence-corrected chi connectivity index (χ3v) is 3.60. The van der Waals surface area contributed by atoms with E-state index in [2.05, 4.69) is 22.2 Å². The molecule has 0 spiro atoms. The highest BCUT2D eigenvalue weighted by Gasteiger charge is 2.22. The normalized spacial score (nSPS) is 20.2. The first kappa shape index (κ1) is 12.9. The van der Waals surface area contributed by atoms with Crippen molar-refractivity contribution < 1.29 is 4.79 Å². The molecule has 0 saturated carbocycles. The van der Waals surface area contributed by atoms with Crippen LogP contribution in [0.25, 0.3) is 0 Å². The van der Waals surface area contributed by atoms with Crippen LogP contribution in [-0.2, 0) is 7.05 Å². The fourth-order valence-corrected chi connectivity index (χ4v) is 2.32. The summed E-state index contributed by atoms with van der Waals surface area (Å²) in [7, 11) is 1.72. The van der Waals surface area contributed by atoms with E-state index in [4.69, 9.17) is 5.73 Å². The summed E-state index contributed by atoms with van der Waals surface area (Å²) in [6, 6.07) is 0. The summed E-state index contributed by atoms with van der Waals surface area (Å²) in [5.74, 6) is 0.830. The van der Waals surface area contributed by atoms with Crippen LogP contribution in [0.5, 0.6) is 0 Å². The van der Waals surface area contributed by atoms with Gasteiger partial charge in [-0.2, -0.15) is 5.10 Å². The van der Waals surface area contributed by atoms with Crippen molar-refractivity contribution in [3.8, 4) is 0 Å². The van der Waals surface area contributed by atoms with Gasteiger partial charge in [0.2, 0.25) is 0 Å². The zero-order chi connectivity index (χ0) is 13.1. The number of anilines is 1. The minimum absolute atomic E-state index is 0.129. The zero-order valence-corrected chi connectivity index (χ0v) is 11.0. The van der Waals surface area contributed by atoms with Gasteiger partial charge in [0.15, 0.2) is 0 Å². The van der Waals surface area contributed by atoms with E-state index in [-0.39, 0.29) is 5.91 Å². The monoisotopic (exact) mass is 251 g/mol. The van der Waals surface area contributed by atoms with Gasteiger partial charge < -0.3 is 16.0 Å². The molecule has 0 bridgehead atoms. The zero-order valence-electron chi connectivity index (χ0n) is 11.0. The highest BCUT2D eigenvalue weighted by molar-refractivity contribution is 5.98. The molecule has 1 aromatic heterocycles. The molecule has 1 unspecified atom stereocenters. The van der Waals surface area contributed by atoms with Crippen molar-refractivity contribution in [2.24, 2.45) is 13.0 Å². The second-order valence-electron chi connectivity index (χ2n) is 4.83. The third-order valence-electron chi connectivity index (χ3n) is 3.60. The molecule has 1 atom stereocenters. The molecule has 1 aliphatic heterocycles. The van der Waals surface area contributed by atoms with Crippen molar-refractivity contribution in [2.45, 2.75) is 13.3 Å². The van der Waals surface area contributed by atoms with Crippen LogP contribution in [0.4, 0.5) is 5.82 Å². The summed E-state index contributed by atoms with van der Waals surface area (Å²) in [6.45, 7) is 6.16. The smallest absolute Gasteiger partial charge is 0.256 e. The summed E-state index contributed by atoms with van der Waals surface area (Å²) < 4.78 is 1.50. The molecular formula is C12H21N5O. The number of hydrogen-bond acceptors (Lipinski definition) is 4. The van der Waals surface area contributed by atoms with E-state index in [0.29, 0.717) is 23.8 Å². The molecular weight excluding hydrogens is 230 g/mol. The minimum Gasteiger partial charge on any atom is -0.383 e. The van der Waals surface area contributed by atoms with E-state index in [0.717, 1.165) is 26.1 Å². The van der Waals surface area contributed by atoms with Crippen LogP contribution in [0.3, 0.4) is 0 Å². The number of amides is 1. The Balaban J connectivity index is 1.84. The maximum atomic E-state index is 11.9. The first-order valence-corrected chi connectivity index (χ1v) is 6.39. The van der Waals surface area contributed by atoms with Crippen molar-refractivity contribution in [1.82, 2.24) is 20.0 Å². The first-order valence-electron chi connectivity index (χ1n) is 6.39. The fourth-order valence-electron chi connectivity index (χ4n) is 2.32.